The Morgan fingerprint density at radius 3 is 2.33 bits per heavy atom. The lowest BCUT2D eigenvalue weighted by atomic mass is 10.2. The minimum absolute atomic E-state index is 0.00111. The van der Waals surface area contributed by atoms with Crippen molar-refractivity contribution in [3.8, 4) is 0 Å². The molecule has 1 N–H and O–H groups in total. The summed E-state index contributed by atoms with van der Waals surface area (Å²) >= 11 is 5.75. The van der Waals surface area contributed by atoms with Gasteiger partial charge < -0.3 is 4.74 Å². The van der Waals surface area contributed by atoms with E-state index in [4.69, 9.17) is 16.3 Å². The van der Waals surface area contributed by atoms with E-state index < -0.39 is 16.0 Å². The van der Waals surface area contributed by atoms with Gasteiger partial charge in [0, 0.05) is 5.02 Å². The molecule has 6 nitrogen and oxygen atoms in total. The normalized spacial score (nSPS) is 10.9. The van der Waals surface area contributed by atoms with Gasteiger partial charge in [-0.15, -0.1) is 0 Å². The van der Waals surface area contributed by atoms with Crippen molar-refractivity contribution in [2.45, 2.75) is 11.8 Å². The summed E-state index contributed by atoms with van der Waals surface area (Å²) in [4.78, 5) is 22.9. The molecule has 2 aromatic rings. The lowest BCUT2D eigenvalue weighted by molar-refractivity contribution is -0.120. The number of nitrogens with one attached hydrogen (secondary N) is 1. The van der Waals surface area contributed by atoms with Gasteiger partial charge in [-0.05, 0) is 43.3 Å². The second kappa shape index (κ2) is 7.46. The second-order valence-electron chi connectivity index (χ2n) is 4.88. The van der Waals surface area contributed by atoms with Crippen LogP contribution in [0.3, 0.4) is 0 Å². The molecular formula is C16H14ClNO5S. The van der Waals surface area contributed by atoms with Crippen LogP contribution in [0, 0.1) is 0 Å². The van der Waals surface area contributed by atoms with Crippen LogP contribution in [0.15, 0.2) is 53.4 Å². The number of hydrogen-bond acceptors (Lipinski definition) is 5. The number of rotatable bonds is 6. The van der Waals surface area contributed by atoms with E-state index in [0.717, 1.165) is 0 Å². The fraction of sp³-hybridized carbons (Fsp3) is 0.125. The largest absolute Gasteiger partial charge is 0.454 e. The quantitative estimate of drug-likeness (QED) is 0.793. The number of halogens is 1. The summed E-state index contributed by atoms with van der Waals surface area (Å²) in [5.41, 5.74) is 0.0669. The molecule has 0 heterocycles. The molecule has 0 saturated carbocycles. The van der Waals surface area contributed by atoms with Crippen LogP contribution in [0.2, 0.25) is 5.02 Å². The molecule has 126 valence electrons. The molecule has 8 heteroatoms. The molecule has 0 unspecified atom stereocenters. The minimum Gasteiger partial charge on any atom is -0.454 e. The standard InChI is InChI=1S/C16H14ClNO5S/c1-11(19)10-23-16(20)14-4-2-3-5-15(14)18-24(21,22)13-8-6-12(17)7-9-13/h2-9,18H,10H2,1H3. The predicted octanol–water partition coefficient (Wildman–Crippen LogP) is 2.89. The average Bonchev–Trinajstić information content (AvgIpc) is 2.53. The van der Waals surface area contributed by atoms with Gasteiger partial charge in [0.05, 0.1) is 16.1 Å². The van der Waals surface area contributed by atoms with Crippen LogP contribution < -0.4 is 4.72 Å². The molecule has 0 aliphatic rings. The van der Waals surface area contributed by atoms with E-state index in [0.29, 0.717) is 5.02 Å². The Morgan fingerprint density at radius 2 is 1.71 bits per heavy atom. The Labute approximate surface area is 144 Å². The topological polar surface area (TPSA) is 89.5 Å². The number of sulfonamides is 1. The Hall–Kier alpha value is -2.38. The number of para-hydroxylation sites is 1. The molecule has 24 heavy (non-hydrogen) atoms. The van der Waals surface area contributed by atoms with Crippen LogP contribution >= 0.6 is 11.6 Å². The number of ether oxygens (including phenoxy) is 1. The molecule has 0 spiro atoms. The van der Waals surface area contributed by atoms with Gasteiger partial charge in [-0.2, -0.15) is 0 Å². The maximum atomic E-state index is 12.4. The van der Waals surface area contributed by atoms with E-state index in [2.05, 4.69) is 4.72 Å². The Bertz CT molecular complexity index is 862. The number of anilines is 1. The lowest BCUT2D eigenvalue weighted by Crippen LogP contribution is -2.17. The summed E-state index contributed by atoms with van der Waals surface area (Å²) in [6.45, 7) is 0.902. The third-order valence-corrected chi connectivity index (χ3v) is 4.56. The molecule has 0 bridgehead atoms. The Balaban J connectivity index is 2.28. The fourth-order valence-corrected chi connectivity index (χ4v) is 3.02. The van der Waals surface area contributed by atoms with Gasteiger partial charge in [0.25, 0.3) is 10.0 Å². The third-order valence-electron chi connectivity index (χ3n) is 2.92. The van der Waals surface area contributed by atoms with Crippen LogP contribution in [0.4, 0.5) is 5.69 Å². The van der Waals surface area contributed by atoms with Gasteiger partial charge in [-0.3, -0.25) is 9.52 Å². The van der Waals surface area contributed by atoms with Crippen LogP contribution in [-0.2, 0) is 19.6 Å². The Morgan fingerprint density at radius 1 is 1.08 bits per heavy atom. The number of esters is 1. The summed E-state index contributed by atoms with van der Waals surface area (Å²) in [6.07, 6.45) is 0. The van der Waals surface area contributed by atoms with Gasteiger partial charge in [-0.25, -0.2) is 13.2 Å². The van der Waals surface area contributed by atoms with Crippen molar-refractivity contribution in [3.63, 3.8) is 0 Å². The van der Waals surface area contributed by atoms with Crippen molar-refractivity contribution in [3.05, 3.63) is 59.1 Å². The Kier molecular flexibility index (Phi) is 5.58. The van der Waals surface area contributed by atoms with E-state index in [1.165, 1.54) is 43.3 Å². The van der Waals surface area contributed by atoms with E-state index in [-0.39, 0.29) is 28.5 Å². The van der Waals surface area contributed by atoms with E-state index in [1.54, 1.807) is 12.1 Å². The molecule has 2 aromatic carbocycles. The molecule has 0 atom stereocenters. The van der Waals surface area contributed by atoms with Crippen LogP contribution in [-0.4, -0.2) is 26.8 Å². The van der Waals surface area contributed by atoms with Crippen molar-refractivity contribution in [2.24, 2.45) is 0 Å². The first-order valence-electron chi connectivity index (χ1n) is 6.83. The van der Waals surface area contributed by atoms with Crippen molar-refractivity contribution < 1.29 is 22.7 Å². The van der Waals surface area contributed by atoms with E-state index in [9.17, 15) is 18.0 Å². The van der Waals surface area contributed by atoms with Crippen LogP contribution in [0.5, 0.6) is 0 Å². The number of carbonyl (C=O) groups excluding carboxylic acids is 2. The maximum Gasteiger partial charge on any atom is 0.340 e. The predicted molar refractivity (Wildman–Crippen MR) is 89.7 cm³/mol. The molecular weight excluding hydrogens is 354 g/mol. The zero-order chi connectivity index (χ0) is 17.7. The van der Waals surface area contributed by atoms with Crippen LogP contribution in [0.25, 0.3) is 0 Å². The lowest BCUT2D eigenvalue weighted by Gasteiger charge is -2.12. The average molecular weight is 368 g/mol. The summed E-state index contributed by atoms with van der Waals surface area (Å²) in [5, 5.41) is 0.405. The smallest absolute Gasteiger partial charge is 0.340 e. The highest BCUT2D eigenvalue weighted by atomic mass is 35.5. The van der Waals surface area contributed by atoms with Gasteiger partial charge in [0.1, 0.15) is 6.61 Å². The maximum absolute atomic E-state index is 12.4. The van der Waals surface area contributed by atoms with Gasteiger partial charge in [0.15, 0.2) is 5.78 Å². The van der Waals surface area contributed by atoms with Crippen molar-refractivity contribution in [1.82, 2.24) is 0 Å². The minimum atomic E-state index is -3.90. The van der Waals surface area contributed by atoms with Crippen molar-refractivity contribution in [1.29, 1.82) is 0 Å². The second-order valence-corrected chi connectivity index (χ2v) is 7.00. The molecule has 0 saturated heterocycles. The molecule has 0 aliphatic carbocycles. The SMILES string of the molecule is CC(=O)COC(=O)c1ccccc1NS(=O)(=O)c1ccc(Cl)cc1. The van der Waals surface area contributed by atoms with Gasteiger partial charge in [-0.1, -0.05) is 23.7 Å². The molecule has 0 aromatic heterocycles. The number of ketones is 1. The third kappa shape index (κ3) is 4.56. The highest BCUT2D eigenvalue weighted by Crippen LogP contribution is 2.22. The first-order valence-corrected chi connectivity index (χ1v) is 8.70. The van der Waals surface area contributed by atoms with Crippen LogP contribution in [0.1, 0.15) is 17.3 Å². The number of benzene rings is 2. The monoisotopic (exact) mass is 367 g/mol. The van der Waals surface area contributed by atoms with Crippen molar-refractivity contribution >= 4 is 39.1 Å². The summed E-state index contributed by atoms with van der Waals surface area (Å²) in [6, 6.07) is 11.6. The zero-order valence-corrected chi connectivity index (χ0v) is 14.2. The fourth-order valence-electron chi connectivity index (χ4n) is 1.81. The number of hydrogen-bond donors (Lipinski definition) is 1. The number of Topliss-reactive ketones (excluding diaryl/α,β-unsaturated/α-hetero) is 1. The van der Waals surface area contributed by atoms with Gasteiger partial charge in [0.2, 0.25) is 0 Å². The summed E-state index contributed by atoms with van der Waals surface area (Å²) < 4.78 is 31.9. The van der Waals surface area contributed by atoms with Gasteiger partial charge >= 0.3 is 5.97 Å². The molecule has 0 aliphatic heterocycles. The molecule has 0 radical (unpaired) electrons. The molecule has 0 amide bonds. The highest BCUT2D eigenvalue weighted by Gasteiger charge is 2.19. The molecule has 0 fully saturated rings. The summed E-state index contributed by atoms with van der Waals surface area (Å²) in [7, 11) is -3.90. The zero-order valence-electron chi connectivity index (χ0n) is 12.7. The molecule has 2 rings (SSSR count). The van der Waals surface area contributed by atoms with Crippen molar-refractivity contribution in [2.75, 3.05) is 11.3 Å². The summed E-state index contributed by atoms with van der Waals surface area (Å²) in [5.74, 6) is -1.11. The first-order chi connectivity index (χ1) is 11.3. The number of carbonyl (C=O) groups is 2. The highest BCUT2D eigenvalue weighted by molar-refractivity contribution is 7.92. The van der Waals surface area contributed by atoms with E-state index in [1.807, 2.05) is 0 Å². The first kappa shape index (κ1) is 18.0. The van der Waals surface area contributed by atoms with E-state index >= 15 is 0 Å².